The van der Waals surface area contributed by atoms with Crippen molar-refractivity contribution >= 4 is 0 Å². The Morgan fingerprint density at radius 1 is 1.31 bits per heavy atom. The summed E-state index contributed by atoms with van der Waals surface area (Å²) in [6.07, 6.45) is 1.65. The van der Waals surface area contributed by atoms with Crippen molar-refractivity contribution in [3.63, 3.8) is 0 Å². The average molecular weight is 220 g/mol. The second-order valence-corrected chi connectivity index (χ2v) is 3.41. The maximum Gasteiger partial charge on any atom is 0.208 e. The average Bonchev–Trinajstić information content (AvgIpc) is 2.76. The molecule has 0 aliphatic carbocycles. The molecule has 16 heavy (non-hydrogen) atoms. The molecule has 1 N–H and O–H groups in total. The Labute approximate surface area is 93.3 Å². The first-order valence-corrected chi connectivity index (χ1v) is 5.21. The Bertz CT molecular complexity index is 450. The lowest BCUT2D eigenvalue weighted by molar-refractivity contribution is 0.482. The van der Waals surface area contributed by atoms with Crippen molar-refractivity contribution in [1.29, 1.82) is 0 Å². The van der Waals surface area contributed by atoms with Gasteiger partial charge in [-0.1, -0.05) is 6.92 Å². The largest absolute Gasteiger partial charge is 0.439 e. The first kappa shape index (κ1) is 10.8. The number of benzene rings is 1. The van der Waals surface area contributed by atoms with Crippen molar-refractivity contribution in [2.45, 2.75) is 13.5 Å². The van der Waals surface area contributed by atoms with E-state index in [1.165, 1.54) is 12.1 Å². The highest BCUT2D eigenvalue weighted by atomic mass is 19.1. The van der Waals surface area contributed by atoms with Crippen molar-refractivity contribution in [1.82, 2.24) is 10.3 Å². The minimum absolute atomic E-state index is 0.254. The number of rotatable bonds is 4. The molecule has 1 aromatic heterocycles. The molecule has 0 amide bonds. The Morgan fingerprint density at radius 3 is 2.75 bits per heavy atom. The van der Waals surface area contributed by atoms with E-state index in [0.29, 0.717) is 18.2 Å². The van der Waals surface area contributed by atoms with Crippen LogP contribution in [0.15, 0.2) is 34.9 Å². The van der Waals surface area contributed by atoms with Crippen LogP contribution >= 0.6 is 0 Å². The third-order valence-corrected chi connectivity index (χ3v) is 2.21. The zero-order chi connectivity index (χ0) is 11.4. The summed E-state index contributed by atoms with van der Waals surface area (Å²) in [5, 5.41) is 3.12. The summed E-state index contributed by atoms with van der Waals surface area (Å²) in [6, 6.07) is 6.16. The van der Waals surface area contributed by atoms with Gasteiger partial charge in [0.15, 0.2) is 5.76 Å². The van der Waals surface area contributed by atoms with Crippen LogP contribution in [0.5, 0.6) is 0 Å². The lowest BCUT2D eigenvalue weighted by Crippen LogP contribution is -2.11. The molecule has 0 saturated heterocycles. The van der Waals surface area contributed by atoms with Crippen LogP contribution in [0.2, 0.25) is 0 Å². The van der Waals surface area contributed by atoms with E-state index in [1.807, 2.05) is 6.92 Å². The topological polar surface area (TPSA) is 38.1 Å². The van der Waals surface area contributed by atoms with Gasteiger partial charge in [-0.05, 0) is 30.8 Å². The normalized spacial score (nSPS) is 10.6. The molecule has 0 unspecified atom stereocenters. The number of oxazole rings is 1. The SMILES string of the molecule is CCNCc1ncc(-c2ccc(F)cc2)o1. The third kappa shape index (κ3) is 2.46. The van der Waals surface area contributed by atoms with Gasteiger partial charge in [0.1, 0.15) is 5.82 Å². The van der Waals surface area contributed by atoms with Gasteiger partial charge in [-0.25, -0.2) is 9.37 Å². The van der Waals surface area contributed by atoms with Crippen LogP contribution in [-0.2, 0) is 6.54 Å². The van der Waals surface area contributed by atoms with Crippen molar-refractivity contribution in [2.24, 2.45) is 0 Å². The number of hydrogen-bond donors (Lipinski definition) is 1. The molecule has 2 aromatic rings. The smallest absolute Gasteiger partial charge is 0.208 e. The fourth-order valence-corrected chi connectivity index (χ4v) is 1.37. The fraction of sp³-hybridized carbons (Fsp3) is 0.250. The maximum absolute atomic E-state index is 12.7. The maximum atomic E-state index is 12.7. The van der Waals surface area contributed by atoms with Gasteiger partial charge in [0.2, 0.25) is 5.89 Å². The molecule has 2 rings (SSSR count). The molecule has 1 heterocycles. The summed E-state index contributed by atoms with van der Waals surface area (Å²) in [5.74, 6) is 1.05. The van der Waals surface area contributed by atoms with Crippen molar-refractivity contribution in [3.8, 4) is 11.3 Å². The van der Waals surface area contributed by atoms with Gasteiger partial charge in [0.05, 0.1) is 12.7 Å². The quantitative estimate of drug-likeness (QED) is 0.860. The predicted molar refractivity (Wildman–Crippen MR) is 59.3 cm³/mol. The molecule has 0 spiro atoms. The predicted octanol–water partition coefficient (Wildman–Crippen LogP) is 2.59. The lowest BCUT2D eigenvalue weighted by Gasteiger charge is -1.96. The van der Waals surface area contributed by atoms with Crippen molar-refractivity contribution in [2.75, 3.05) is 6.54 Å². The number of nitrogens with one attached hydrogen (secondary N) is 1. The van der Waals surface area contributed by atoms with E-state index in [9.17, 15) is 4.39 Å². The minimum Gasteiger partial charge on any atom is -0.439 e. The van der Waals surface area contributed by atoms with Gasteiger partial charge in [0, 0.05) is 5.56 Å². The molecule has 0 fully saturated rings. The Kier molecular flexibility index (Phi) is 3.31. The first-order chi connectivity index (χ1) is 7.79. The van der Waals surface area contributed by atoms with Gasteiger partial charge in [-0.2, -0.15) is 0 Å². The van der Waals surface area contributed by atoms with E-state index < -0.39 is 0 Å². The summed E-state index contributed by atoms with van der Waals surface area (Å²) in [5.41, 5.74) is 0.830. The van der Waals surface area contributed by atoms with Crippen LogP contribution in [0.1, 0.15) is 12.8 Å². The molecule has 4 heteroatoms. The lowest BCUT2D eigenvalue weighted by atomic mass is 10.2. The van der Waals surface area contributed by atoms with Crippen LogP contribution in [0.4, 0.5) is 4.39 Å². The van der Waals surface area contributed by atoms with Crippen molar-refractivity contribution in [3.05, 3.63) is 42.2 Å². The van der Waals surface area contributed by atoms with E-state index in [0.717, 1.165) is 12.1 Å². The minimum atomic E-state index is -0.254. The van der Waals surface area contributed by atoms with E-state index in [1.54, 1.807) is 18.3 Å². The second kappa shape index (κ2) is 4.90. The molecule has 84 valence electrons. The summed E-state index contributed by atoms with van der Waals surface area (Å²) < 4.78 is 18.2. The van der Waals surface area contributed by atoms with Gasteiger partial charge in [-0.15, -0.1) is 0 Å². The Morgan fingerprint density at radius 2 is 2.06 bits per heavy atom. The molecule has 3 nitrogen and oxygen atoms in total. The highest BCUT2D eigenvalue weighted by molar-refractivity contribution is 5.55. The van der Waals surface area contributed by atoms with E-state index in [4.69, 9.17) is 4.42 Å². The van der Waals surface area contributed by atoms with Gasteiger partial charge < -0.3 is 9.73 Å². The highest BCUT2D eigenvalue weighted by Crippen LogP contribution is 2.20. The van der Waals surface area contributed by atoms with E-state index in [2.05, 4.69) is 10.3 Å². The van der Waals surface area contributed by atoms with Crippen LogP contribution < -0.4 is 5.32 Å². The van der Waals surface area contributed by atoms with E-state index >= 15 is 0 Å². The molecular formula is C12H13FN2O. The molecule has 0 aliphatic rings. The van der Waals surface area contributed by atoms with Crippen LogP contribution in [0.3, 0.4) is 0 Å². The molecule has 0 radical (unpaired) electrons. The van der Waals surface area contributed by atoms with Gasteiger partial charge >= 0.3 is 0 Å². The molecule has 0 atom stereocenters. The molecule has 0 bridgehead atoms. The summed E-state index contributed by atoms with van der Waals surface area (Å²) >= 11 is 0. The summed E-state index contributed by atoms with van der Waals surface area (Å²) in [4.78, 5) is 4.13. The zero-order valence-electron chi connectivity index (χ0n) is 9.03. The fourth-order valence-electron chi connectivity index (χ4n) is 1.37. The highest BCUT2D eigenvalue weighted by Gasteiger charge is 2.05. The monoisotopic (exact) mass is 220 g/mol. The number of halogens is 1. The molecule has 0 aliphatic heterocycles. The second-order valence-electron chi connectivity index (χ2n) is 3.41. The third-order valence-electron chi connectivity index (χ3n) is 2.21. The molecule has 1 aromatic carbocycles. The number of aromatic nitrogens is 1. The van der Waals surface area contributed by atoms with Crippen LogP contribution in [0, 0.1) is 5.82 Å². The van der Waals surface area contributed by atoms with Crippen molar-refractivity contribution < 1.29 is 8.81 Å². The zero-order valence-corrected chi connectivity index (χ0v) is 9.03. The number of nitrogens with zero attached hydrogens (tertiary/aromatic N) is 1. The standard InChI is InChI=1S/C12H13FN2O/c1-2-14-8-12-15-7-11(16-12)9-3-5-10(13)6-4-9/h3-7,14H,2,8H2,1H3. The van der Waals surface area contributed by atoms with Gasteiger partial charge in [0.25, 0.3) is 0 Å². The first-order valence-electron chi connectivity index (χ1n) is 5.21. The molecular weight excluding hydrogens is 207 g/mol. The molecule has 0 saturated carbocycles. The van der Waals surface area contributed by atoms with E-state index in [-0.39, 0.29) is 5.82 Å². The Hall–Kier alpha value is -1.68. The van der Waals surface area contributed by atoms with Gasteiger partial charge in [-0.3, -0.25) is 0 Å². The summed E-state index contributed by atoms with van der Waals surface area (Å²) in [7, 11) is 0. The number of hydrogen-bond acceptors (Lipinski definition) is 3. The summed E-state index contributed by atoms with van der Waals surface area (Å²) in [6.45, 7) is 3.50. The Balaban J connectivity index is 2.15. The van der Waals surface area contributed by atoms with Crippen LogP contribution in [-0.4, -0.2) is 11.5 Å². The van der Waals surface area contributed by atoms with Crippen LogP contribution in [0.25, 0.3) is 11.3 Å².